The van der Waals surface area contributed by atoms with Gasteiger partial charge in [0.2, 0.25) is 0 Å². The summed E-state index contributed by atoms with van der Waals surface area (Å²) in [5.74, 6) is -3.37. The lowest BCUT2D eigenvalue weighted by Crippen LogP contribution is -2.45. The van der Waals surface area contributed by atoms with Gasteiger partial charge in [0, 0.05) is 0 Å². The fourth-order valence-electron chi connectivity index (χ4n) is 1.92. The maximum atomic E-state index is 13.0. The van der Waals surface area contributed by atoms with Crippen molar-refractivity contribution in [3.8, 4) is 0 Å². The van der Waals surface area contributed by atoms with Crippen molar-refractivity contribution in [2.75, 3.05) is 6.54 Å². The molecule has 0 heterocycles. The highest BCUT2D eigenvalue weighted by molar-refractivity contribution is 4.84. The largest absolute Gasteiger partial charge is 0.387 e. The predicted molar refractivity (Wildman–Crippen MR) is 46.6 cm³/mol. The van der Waals surface area contributed by atoms with Gasteiger partial charge in [-0.25, -0.2) is 8.78 Å². The minimum absolute atomic E-state index is 0.257. The molecule has 1 atom stereocenters. The van der Waals surface area contributed by atoms with E-state index >= 15 is 0 Å². The summed E-state index contributed by atoms with van der Waals surface area (Å²) in [6, 6.07) is 0. The van der Waals surface area contributed by atoms with Crippen molar-refractivity contribution in [2.45, 2.75) is 44.1 Å². The zero-order valence-corrected chi connectivity index (χ0v) is 7.68. The van der Waals surface area contributed by atoms with Crippen LogP contribution >= 0.6 is 0 Å². The van der Waals surface area contributed by atoms with Gasteiger partial charge < -0.3 is 10.8 Å². The van der Waals surface area contributed by atoms with Gasteiger partial charge in [-0.1, -0.05) is 19.3 Å². The predicted octanol–water partition coefficient (Wildman–Crippen LogP) is 1.52. The lowest BCUT2D eigenvalue weighted by Gasteiger charge is -2.31. The van der Waals surface area contributed by atoms with Crippen LogP contribution in [-0.4, -0.2) is 23.7 Å². The summed E-state index contributed by atoms with van der Waals surface area (Å²) in [7, 11) is 0. The first kappa shape index (κ1) is 10.9. The fourth-order valence-corrected chi connectivity index (χ4v) is 1.92. The first-order valence-corrected chi connectivity index (χ1v) is 4.84. The lowest BCUT2D eigenvalue weighted by molar-refractivity contribution is -0.129. The molecule has 0 spiro atoms. The first-order chi connectivity index (χ1) is 6.08. The van der Waals surface area contributed by atoms with Gasteiger partial charge in [-0.3, -0.25) is 0 Å². The molecule has 78 valence electrons. The van der Waals surface area contributed by atoms with E-state index in [0.29, 0.717) is 12.8 Å². The molecule has 0 bridgehead atoms. The quantitative estimate of drug-likeness (QED) is 0.713. The van der Waals surface area contributed by atoms with Crippen molar-refractivity contribution >= 4 is 0 Å². The summed E-state index contributed by atoms with van der Waals surface area (Å²) in [4.78, 5) is 0. The van der Waals surface area contributed by atoms with Crippen molar-refractivity contribution in [2.24, 2.45) is 11.7 Å². The summed E-state index contributed by atoms with van der Waals surface area (Å²) in [5, 5.41) is 9.37. The van der Waals surface area contributed by atoms with Gasteiger partial charge in [-0.2, -0.15) is 0 Å². The highest BCUT2D eigenvalue weighted by atomic mass is 19.3. The van der Waals surface area contributed by atoms with E-state index in [2.05, 4.69) is 0 Å². The van der Waals surface area contributed by atoms with Crippen LogP contribution in [0.1, 0.15) is 32.1 Å². The summed E-state index contributed by atoms with van der Waals surface area (Å²) in [6.07, 6.45) is 2.85. The number of hydrogen-bond acceptors (Lipinski definition) is 2. The maximum absolute atomic E-state index is 13.0. The maximum Gasteiger partial charge on any atom is 0.285 e. The number of alkyl halides is 2. The number of hydrogen-bond donors (Lipinski definition) is 2. The Labute approximate surface area is 77.1 Å². The van der Waals surface area contributed by atoms with Crippen molar-refractivity contribution in [1.82, 2.24) is 0 Å². The molecule has 1 saturated carbocycles. The molecule has 2 nitrogen and oxygen atoms in total. The molecule has 3 N–H and O–H groups in total. The Morgan fingerprint density at radius 1 is 1.31 bits per heavy atom. The molecule has 0 aromatic heterocycles. The summed E-state index contributed by atoms with van der Waals surface area (Å²) >= 11 is 0. The molecule has 0 aromatic rings. The highest BCUT2D eigenvalue weighted by Crippen LogP contribution is 2.33. The molecule has 0 radical (unpaired) electrons. The Balaban J connectivity index is 2.49. The summed E-state index contributed by atoms with van der Waals surface area (Å²) in [5.41, 5.74) is 4.90. The van der Waals surface area contributed by atoms with Crippen LogP contribution in [0.3, 0.4) is 0 Å². The molecular formula is C9H17F2NO. The fraction of sp³-hybridized carbons (Fsp3) is 1.00. The molecule has 0 saturated heterocycles. The average Bonchev–Trinajstić information content (AvgIpc) is 2.18. The van der Waals surface area contributed by atoms with Crippen LogP contribution < -0.4 is 5.73 Å². The zero-order valence-electron chi connectivity index (χ0n) is 7.68. The number of halogens is 2. The van der Waals surface area contributed by atoms with Crippen molar-refractivity contribution in [3.05, 3.63) is 0 Å². The number of aliphatic hydroxyl groups is 1. The molecule has 0 amide bonds. The number of rotatable bonds is 3. The number of aliphatic hydroxyl groups excluding tert-OH is 1. The van der Waals surface area contributed by atoms with E-state index in [0.717, 1.165) is 19.3 Å². The van der Waals surface area contributed by atoms with Gasteiger partial charge in [-0.05, 0) is 18.8 Å². The van der Waals surface area contributed by atoms with E-state index in [4.69, 9.17) is 5.73 Å². The second-order valence-electron chi connectivity index (χ2n) is 3.81. The molecule has 0 aromatic carbocycles. The Kier molecular flexibility index (Phi) is 3.62. The SMILES string of the molecule is NCC(F)(F)C(O)C1CCCCC1. The first-order valence-electron chi connectivity index (χ1n) is 4.84. The van der Waals surface area contributed by atoms with E-state index in [-0.39, 0.29) is 5.92 Å². The second kappa shape index (κ2) is 4.33. The van der Waals surface area contributed by atoms with Crippen LogP contribution in [0.4, 0.5) is 8.78 Å². The van der Waals surface area contributed by atoms with Crippen molar-refractivity contribution in [1.29, 1.82) is 0 Å². The molecule has 1 aliphatic rings. The monoisotopic (exact) mass is 193 g/mol. The molecule has 1 aliphatic carbocycles. The third-order valence-corrected chi connectivity index (χ3v) is 2.80. The van der Waals surface area contributed by atoms with Crippen LogP contribution in [-0.2, 0) is 0 Å². The average molecular weight is 193 g/mol. The third-order valence-electron chi connectivity index (χ3n) is 2.80. The van der Waals surface area contributed by atoms with Crippen LogP contribution in [0.25, 0.3) is 0 Å². The normalized spacial score (nSPS) is 23.1. The van der Waals surface area contributed by atoms with Gasteiger partial charge in [-0.15, -0.1) is 0 Å². The Bertz CT molecular complexity index is 158. The van der Waals surface area contributed by atoms with Crippen LogP contribution in [0.5, 0.6) is 0 Å². The van der Waals surface area contributed by atoms with E-state index in [1.165, 1.54) is 0 Å². The molecule has 13 heavy (non-hydrogen) atoms. The van der Waals surface area contributed by atoms with Crippen LogP contribution in [0, 0.1) is 5.92 Å². The molecule has 1 unspecified atom stereocenters. The molecular weight excluding hydrogens is 176 g/mol. The summed E-state index contributed by atoms with van der Waals surface area (Å²) in [6.45, 7) is -0.759. The molecule has 4 heteroatoms. The highest BCUT2D eigenvalue weighted by Gasteiger charge is 2.41. The minimum Gasteiger partial charge on any atom is -0.387 e. The second-order valence-corrected chi connectivity index (χ2v) is 3.81. The minimum atomic E-state index is -3.11. The zero-order chi connectivity index (χ0) is 9.90. The smallest absolute Gasteiger partial charge is 0.285 e. The Hall–Kier alpha value is -0.220. The van der Waals surface area contributed by atoms with Gasteiger partial charge in [0.25, 0.3) is 5.92 Å². The van der Waals surface area contributed by atoms with Gasteiger partial charge >= 0.3 is 0 Å². The lowest BCUT2D eigenvalue weighted by atomic mass is 9.83. The molecule has 0 aliphatic heterocycles. The van der Waals surface area contributed by atoms with E-state index in [1.807, 2.05) is 0 Å². The van der Waals surface area contributed by atoms with Gasteiger partial charge in [0.05, 0.1) is 6.54 Å². The molecule has 1 rings (SSSR count). The van der Waals surface area contributed by atoms with E-state index in [1.54, 1.807) is 0 Å². The van der Waals surface area contributed by atoms with Gasteiger partial charge in [0.1, 0.15) is 6.10 Å². The summed E-state index contributed by atoms with van der Waals surface area (Å²) < 4.78 is 25.9. The van der Waals surface area contributed by atoms with E-state index in [9.17, 15) is 13.9 Å². The third kappa shape index (κ3) is 2.61. The molecule has 1 fully saturated rings. The topological polar surface area (TPSA) is 46.2 Å². The van der Waals surface area contributed by atoms with Gasteiger partial charge in [0.15, 0.2) is 0 Å². The number of nitrogens with two attached hydrogens (primary N) is 1. The van der Waals surface area contributed by atoms with Crippen LogP contribution in [0.15, 0.2) is 0 Å². The van der Waals surface area contributed by atoms with Crippen LogP contribution in [0.2, 0.25) is 0 Å². The Morgan fingerprint density at radius 2 is 1.85 bits per heavy atom. The van der Waals surface area contributed by atoms with E-state index < -0.39 is 18.6 Å². The van der Waals surface area contributed by atoms with Crippen molar-refractivity contribution < 1.29 is 13.9 Å². The standard InChI is InChI=1S/C9H17F2NO/c10-9(11,6-12)8(13)7-4-2-1-3-5-7/h7-8,13H,1-6,12H2. The van der Waals surface area contributed by atoms with Crippen molar-refractivity contribution in [3.63, 3.8) is 0 Å². The Morgan fingerprint density at radius 3 is 2.31 bits per heavy atom.